The molecule has 0 saturated heterocycles. The van der Waals surface area contributed by atoms with E-state index in [4.69, 9.17) is 0 Å². The summed E-state index contributed by atoms with van der Waals surface area (Å²) in [5.74, 6) is 0. The van der Waals surface area contributed by atoms with Crippen molar-refractivity contribution in [1.29, 1.82) is 0 Å². The fourth-order valence-corrected chi connectivity index (χ4v) is 10.8. The van der Waals surface area contributed by atoms with Crippen LogP contribution in [0.5, 0.6) is 0 Å². The zero-order chi connectivity index (χ0) is 37.7. The SMILES string of the molecule is c1ccc(-c2ccc(-c3ccc(N(c4ccc(-c5ccc6c(c5)[se]c5ccccc56)cc4)c4ccc5c6ccccc6n(-c6ccccc6)c5c4)cc3)cc2)cc1. The Bertz CT molecular complexity index is 3200. The maximum atomic E-state index is 2.41. The molecule has 11 rings (SSSR count). The van der Waals surface area contributed by atoms with Crippen molar-refractivity contribution in [1.82, 2.24) is 4.57 Å². The summed E-state index contributed by atoms with van der Waals surface area (Å²) in [5, 5.41) is 5.27. The van der Waals surface area contributed by atoms with E-state index >= 15 is 0 Å². The Kier molecular flexibility index (Phi) is 8.21. The van der Waals surface area contributed by atoms with Crippen molar-refractivity contribution in [3.8, 4) is 39.1 Å². The summed E-state index contributed by atoms with van der Waals surface area (Å²) in [7, 11) is 0. The molecule has 0 aliphatic carbocycles. The average molecular weight is 792 g/mol. The van der Waals surface area contributed by atoms with Crippen LogP contribution >= 0.6 is 0 Å². The van der Waals surface area contributed by atoms with Crippen LogP contribution in [0.1, 0.15) is 0 Å². The maximum Gasteiger partial charge on any atom is -0.0538 e. The number of aromatic nitrogens is 1. The van der Waals surface area contributed by atoms with Crippen LogP contribution in [-0.2, 0) is 0 Å². The first kappa shape index (κ1) is 33.4. The first-order valence-electron chi connectivity index (χ1n) is 19.4. The smallest absolute Gasteiger partial charge is 0.0538 e. The van der Waals surface area contributed by atoms with Gasteiger partial charge in [-0.3, -0.25) is 0 Å². The van der Waals surface area contributed by atoms with E-state index in [2.05, 4.69) is 228 Å². The summed E-state index contributed by atoms with van der Waals surface area (Å²) in [6.07, 6.45) is 0. The van der Waals surface area contributed by atoms with Crippen LogP contribution in [0.2, 0.25) is 0 Å². The zero-order valence-corrected chi connectivity index (χ0v) is 32.8. The minimum absolute atomic E-state index is 0.329. The minimum atomic E-state index is 0.329. The molecule has 9 aromatic carbocycles. The summed E-state index contributed by atoms with van der Waals surface area (Å²) >= 11 is 0.329. The molecule has 0 aliphatic heterocycles. The summed E-state index contributed by atoms with van der Waals surface area (Å²) in [4.78, 5) is 2.39. The van der Waals surface area contributed by atoms with Crippen molar-refractivity contribution < 1.29 is 0 Å². The second-order valence-electron chi connectivity index (χ2n) is 14.6. The van der Waals surface area contributed by atoms with Gasteiger partial charge in [0.25, 0.3) is 0 Å². The standard InChI is InChI=1S/C54H36N2Se/c1-3-11-37(12-4-1)38-19-21-39(22-20-38)40-23-28-44(29-24-40)55(45-30-25-41(26-31-45)42-27-33-50-49-16-8-10-18-53(49)57-54(50)35-42)46-32-34-48-47-15-7-9-17-51(47)56(52(48)36-46)43-13-5-2-6-14-43/h1-36H. The average Bonchev–Trinajstić information content (AvgIpc) is 3.83. The van der Waals surface area contributed by atoms with E-state index in [0.29, 0.717) is 14.5 Å². The second kappa shape index (κ2) is 14.0. The number of benzene rings is 9. The minimum Gasteiger partial charge on any atom is -0.0617 e. The molecule has 2 nitrogen and oxygen atoms in total. The van der Waals surface area contributed by atoms with Gasteiger partial charge in [-0.05, 0) is 34.9 Å². The van der Waals surface area contributed by atoms with E-state index in [1.807, 2.05) is 0 Å². The third-order valence-electron chi connectivity index (χ3n) is 11.2. The number of rotatable bonds is 7. The third kappa shape index (κ3) is 5.97. The summed E-state index contributed by atoms with van der Waals surface area (Å²) in [6.45, 7) is 0. The van der Waals surface area contributed by atoms with Crippen molar-refractivity contribution in [2.75, 3.05) is 4.90 Å². The fourth-order valence-electron chi connectivity index (χ4n) is 8.40. The molecule has 0 spiro atoms. The van der Waals surface area contributed by atoms with E-state index in [1.165, 1.54) is 74.5 Å². The van der Waals surface area contributed by atoms with Gasteiger partial charge >= 0.3 is 197 Å². The van der Waals surface area contributed by atoms with Crippen LogP contribution in [0.3, 0.4) is 0 Å². The number of hydrogen-bond acceptors (Lipinski definition) is 1. The molecule has 11 aromatic rings. The van der Waals surface area contributed by atoms with Gasteiger partial charge in [0.2, 0.25) is 0 Å². The van der Waals surface area contributed by atoms with Crippen molar-refractivity contribution in [3.63, 3.8) is 0 Å². The molecule has 3 heteroatoms. The van der Waals surface area contributed by atoms with Crippen LogP contribution in [-0.4, -0.2) is 19.1 Å². The van der Waals surface area contributed by atoms with Crippen molar-refractivity contribution in [2.45, 2.75) is 0 Å². The van der Waals surface area contributed by atoms with Crippen LogP contribution in [0, 0.1) is 0 Å². The molecule has 0 amide bonds. The normalized spacial score (nSPS) is 11.5. The topological polar surface area (TPSA) is 8.17 Å². The van der Waals surface area contributed by atoms with Gasteiger partial charge in [-0.2, -0.15) is 0 Å². The summed E-state index contributed by atoms with van der Waals surface area (Å²) in [5.41, 5.74) is 14.2. The van der Waals surface area contributed by atoms with Gasteiger partial charge in [0.15, 0.2) is 0 Å². The van der Waals surface area contributed by atoms with Gasteiger partial charge in [0.1, 0.15) is 0 Å². The Balaban J connectivity index is 1.01. The van der Waals surface area contributed by atoms with Crippen LogP contribution in [0.25, 0.3) is 80.2 Å². The molecular weight excluding hydrogens is 756 g/mol. The van der Waals surface area contributed by atoms with Crippen LogP contribution < -0.4 is 4.90 Å². The van der Waals surface area contributed by atoms with E-state index < -0.39 is 0 Å². The second-order valence-corrected chi connectivity index (χ2v) is 16.8. The van der Waals surface area contributed by atoms with Crippen molar-refractivity contribution in [2.24, 2.45) is 0 Å². The number of fused-ring (bicyclic) bond motifs is 6. The quantitative estimate of drug-likeness (QED) is 0.146. The number of hydrogen-bond donors (Lipinski definition) is 0. The van der Waals surface area contributed by atoms with E-state index in [-0.39, 0.29) is 0 Å². The number of para-hydroxylation sites is 2. The Morgan fingerprint density at radius 1 is 0.298 bits per heavy atom. The molecule has 0 aliphatic rings. The molecule has 0 atom stereocenters. The zero-order valence-electron chi connectivity index (χ0n) is 31.1. The molecule has 268 valence electrons. The predicted molar refractivity (Wildman–Crippen MR) is 244 cm³/mol. The Morgan fingerprint density at radius 3 is 1.44 bits per heavy atom. The molecule has 0 bridgehead atoms. The largest absolute Gasteiger partial charge is 0.0617 e. The van der Waals surface area contributed by atoms with Gasteiger partial charge in [0.05, 0.1) is 5.52 Å². The van der Waals surface area contributed by atoms with E-state index in [9.17, 15) is 0 Å². The Labute approximate surface area is 337 Å². The van der Waals surface area contributed by atoms with E-state index in [0.717, 1.165) is 22.7 Å². The molecule has 0 saturated carbocycles. The fraction of sp³-hybridized carbons (Fsp3) is 0. The summed E-state index contributed by atoms with van der Waals surface area (Å²) in [6, 6.07) is 79.8. The first-order chi connectivity index (χ1) is 28.2. The van der Waals surface area contributed by atoms with Gasteiger partial charge in [-0.25, -0.2) is 0 Å². The number of nitrogens with zero attached hydrogens (tertiary/aromatic N) is 2. The van der Waals surface area contributed by atoms with Gasteiger partial charge < -0.3 is 0 Å². The maximum absolute atomic E-state index is 2.41. The molecule has 57 heavy (non-hydrogen) atoms. The van der Waals surface area contributed by atoms with Gasteiger partial charge in [-0.1, -0.05) is 91.0 Å². The van der Waals surface area contributed by atoms with Crippen molar-refractivity contribution in [3.05, 3.63) is 218 Å². The van der Waals surface area contributed by atoms with Gasteiger partial charge in [0, 0.05) is 11.1 Å². The Morgan fingerprint density at radius 2 is 0.754 bits per heavy atom. The Hall–Kier alpha value is -6.90. The molecular formula is C54H36N2Se. The molecule has 0 N–H and O–H groups in total. The molecule has 0 radical (unpaired) electrons. The molecule has 0 unspecified atom stereocenters. The summed E-state index contributed by atoms with van der Waals surface area (Å²) < 4.78 is 5.33. The molecule has 0 fully saturated rings. The van der Waals surface area contributed by atoms with Crippen LogP contribution in [0.4, 0.5) is 17.1 Å². The van der Waals surface area contributed by atoms with Crippen LogP contribution in [0.15, 0.2) is 218 Å². The monoisotopic (exact) mass is 792 g/mol. The molecule has 2 heterocycles. The predicted octanol–water partition coefficient (Wildman–Crippen LogP) is 14.6. The van der Waals surface area contributed by atoms with E-state index in [1.54, 1.807) is 0 Å². The van der Waals surface area contributed by atoms with Crippen molar-refractivity contribution >= 4 is 72.7 Å². The van der Waals surface area contributed by atoms with Gasteiger partial charge in [-0.15, -0.1) is 0 Å². The first-order valence-corrected chi connectivity index (χ1v) is 21.1. The molecule has 2 aromatic heterocycles. The third-order valence-corrected chi connectivity index (χ3v) is 13.6. The number of anilines is 3.